The van der Waals surface area contributed by atoms with E-state index < -0.39 is 47.1 Å². The molecule has 0 saturated carbocycles. The molecule has 0 unspecified atom stereocenters. The van der Waals surface area contributed by atoms with Crippen LogP contribution in [0.3, 0.4) is 0 Å². The number of nitrogens with zero attached hydrogens (tertiary/aromatic N) is 2. The zero-order valence-electron chi connectivity index (χ0n) is 8.82. The Kier molecular flexibility index (Phi) is 4.19. The van der Waals surface area contributed by atoms with Crippen LogP contribution in [0.2, 0.25) is 0 Å². The molecule has 0 aliphatic carbocycles. The zero-order valence-corrected chi connectivity index (χ0v) is 8.82. The van der Waals surface area contributed by atoms with E-state index in [1.54, 1.807) is 0 Å². The number of halogens is 5. The molecule has 0 aliphatic heterocycles. The summed E-state index contributed by atoms with van der Waals surface area (Å²) in [6.45, 7) is -1.14. The van der Waals surface area contributed by atoms with Crippen molar-refractivity contribution < 1.29 is 36.7 Å². The largest absolute Gasteiger partial charge is 0.573 e. The third-order valence-electron chi connectivity index (χ3n) is 1.85. The van der Waals surface area contributed by atoms with Gasteiger partial charge in [0.2, 0.25) is 5.69 Å². The molecule has 1 N–H and O–H groups in total. The van der Waals surface area contributed by atoms with Gasteiger partial charge in [0.25, 0.3) is 6.43 Å². The Morgan fingerprint density at radius 3 is 2.42 bits per heavy atom. The number of aromatic nitrogens is 1. The predicted octanol–water partition coefficient (Wildman–Crippen LogP) is 2.32. The highest BCUT2D eigenvalue weighted by molar-refractivity contribution is 5.43. The van der Waals surface area contributed by atoms with Crippen LogP contribution in [0.1, 0.15) is 17.7 Å². The SMILES string of the molecule is O=[N+]([O-])c1nc(CO)c(OC(F)(F)F)cc1C(F)F. The molecular formula is C8H5F5N2O4. The van der Waals surface area contributed by atoms with Crippen LogP contribution >= 0.6 is 0 Å². The van der Waals surface area contributed by atoms with Crippen molar-refractivity contribution in [3.05, 3.63) is 27.4 Å². The fourth-order valence-corrected chi connectivity index (χ4v) is 1.17. The van der Waals surface area contributed by atoms with Crippen molar-refractivity contribution in [3.8, 4) is 5.75 Å². The van der Waals surface area contributed by atoms with Gasteiger partial charge in [-0.1, -0.05) is 0 Å². The van der Waals surface area contributed by atoms with E-state index in [9.17, 15) is 32.1 Å². The van der Waals surface area contributed by atoms with Crippen molar-refractivity contribution in [2.75, 3.05) is 0 Å². The lowest BCUT2D eigenvalue weighted by Gasteiger charge is -2.11. The van der Waals surface area contributed by atoms with Gasteiger partial charge in [0.1, 0.15) is 12.2 Å². The summed E-state index contributed by atoms with van der Waals surface area (Å²) in [6.07, 6.45) is -8.63. The second-order valence-electron chi connectivity index (χ2n) is 3.11. The molecule has 0 saturated heterocycles. The number of ether oxygens (including phenoxy) is 1. The van der Waals surface area contributed by atoms with Gasteiger partial charge < -0.3 is 20.0 Å². The Bertz CT molecular complexity index is 491. The molecule has 0 fully saturated rings. The maximum absolute atomic E-state index is 12.5. The molecular weight excluding hydrogens is 283 g/mol. The van der Waals surface area contributed by atoms with E-state index in [0.717, 1.165) is 0 Å². The van der Waals surface area contributed by atoms with Crippen LogP contribution in [0.25, 0.3) is 0 Å². The molecule has 1 aromatic rings. The van der Waals surface area contributed by atoms with Crippen molar-refractivity contribution in [1.82, 2.24) is 4.98 Å². The van der Waals surface area contributed by atoms with Crippen LogP contribution in [0.5, 0.6) is 5.75 Å². The lowest BCUT2D eigenvalue weighted by molar-refractivity contribution is -0.391. The van der Waals surface area contributed by atoms with E-state index in [2.05, 4.69) is 9.72 Å². The van der Waals surface area contributed by atoms with E-state index in [4.69, 9.17) is 5.11 Å². The topological polar surface area (TPSA) is 85.5 Å². The number of aliphatic hydroxyl groups is 1. The van der Waals surface area contributed by atoms with E-state index in [0.29, 0.717) is 0 Å². The normalized spacial score (nSPS) is 11.7. The molecule has 1 aromatic heterocycles. The van der Waals surface area contributed by atoms with Crippen molar-refractivity contribution in [3.63, 3.8) is 0 Å². The first-order chi connectivity index (χ1) is 8.65. The Morgan fingerprint density at radius 2 is 2.05 bits per heavy atom. The van der Waals surface area contributed by atoms with Gasteiger partial charge in [0.15, 0.2) is 5.75 Å². The first kappa shape index (κ1) is 15.0. The number of alkyl halides is 5. The lowest BCUT2D eigenvalue weighted by Crippen LogP contribution is -2.19. The Hall–Kier alpha value is -2.04. The summed E-state index contributed by atoms with van der Waals surface area (Å²) in [4.78, 5) is 12.1. The van der Waals surface area contributed by atoms with Gasteiger partial charge in [-0.2, -0.15) is 0 Å². The molecule has 0 atom stereocenters. The number of pyridine rings is 1. The minimum Gasteiger partial charge on any atom is -0.401 e. The molecule has 0 aromatic carbocycles. The third kappa shape index (κ3) is 3.71. The van der Waals surface area contributed by atoms with Crippen LogP contribution in [0.4, 0.5) is 27.8 Å². The number of hydrogen-bond donors (Lipinski definition) is 1. The maximum Gasteiger partial charge on any atom is 0.573 e. The van der Waals surface area contributed by atoms with Gasteiger partial charge in [0.05, 0.1) is 0 Å². The highest BCUT2D eigenvalue weighted by Crippen LogP contribution is 2.34. The average Bonchev–Trinajstić information content (AvgIpc) is 2.25. The number of aliphatic hydroxyl groups excluding tert-OH is 1. The van der Waals surface area contributed by atoms with Crippen molar-refractivity contribution in [2.24, 2.45) is 0 Å². The first-order valence-corrected chi connectivity index (χ1v) is 4.48. The number of nitro groups is 1. The van der Waals surface area contributed by atoms with Crippen LogP contribution in [-0.4, -0.2) is 21.4 Å². The van der Waals surface area contributed by atoms with Crippen LogP contribution in [0.15, 0.2) is 6.07 Å². The standard InChI is InChI=1S/C8H5F5N2O4/c9-6(10)3-1-5(19-8(11,12)13)4(2-16)14-7(3)15(17)18/h1,6,16H,2H2. The molecule has 0 spiro atoms. The predicted molar refractivity (Wildman–Crippen MR) is 48.5 cm³/mol. The maximum atomic E-state index is 12.5. The van der Waals surface area contributed by atoms with Crippen LogP contribution in [0, 0.1) is 10.1 Å². The minimum absolute atomic E-state index is 0.134. The summed E-state index contributed by atoms with van der Waals surface area (Å²) in [5.41, 5.74) is -2.20. The third-order valence-corrected chi connectivity index (χ3v) is 1.85. The fourth-order valence-electron chi connectivity index (χ4n) is 1.17. The van der Waals surface area contributed by atoms with E-state index in [-0.39, 0.29) is 6.07 Å². The van der Waals surface area contributed by atoms with Crippen molar-refractivity contribution in [2.45, 2.75) is 19.4 Å². The zero-order chi connectivity index (χ0) is 14.8. The van der Waals surface area contributed by atoms with Gasteiger partial charge in [-0.25, -0.2) is 8.78 Å². The summed E-state index contributed by atoms with van der Waals surface area (Å²) in [7, 11) is 0. The summed E-state index contributed by atoms with van der Waals surface area (Å²) < 4.78 is 64.3. The molecule has 6 nitrogen and oxygen atoms in total. The molecule has 106 valence electrons. The summed E-state index contributed by atoms with van der Waals surface area (Å²) in [6, 6.07) is 0.134. The average molecular weight is 288 g/mol. The second-order valence-corrected chi connectivity index (χ2v) is 3.11. The van der Waals surface area contributed by atoms with Crippen LogP contribution in [-0.2, 0) is 6.61 Å². The second kappa shape index (κ2) is 5.30. The number of rotatable bonds is 4. The van der Waals surface area contributed by atoms with Gasteiger partial charge in [-0.05, 0) is 9.91 Å². The summed E-state index contributed by atoms with van der Waals surface area (Å²) in [5, 5.41) is 19.2. The Balaban J connectivity index is 3.39. The molecule has 0 amide bonds. The van der Waals surface area contributed by atoms with Crippen molar-refractivity contribution in [1.29, 1.82) is 0 Å². The molecule has 1 heterocycles. The summed E-state index contributed by atoms with van der Waals surface area (Å²) in [5.74, 6) is -2.55. The molecule has 1 rings (SSSR count). The van der Waals surface area contributed by atoms with Gasteiger partial charge >= 0.3 is 12.2 Å². The Morgan fingerprint density at radius 1 is 1.47 bits per heavy atom. The highest BCUT2D eigenvalue weighted by atomic mass is 19.4. The van der Waals surface area contributed by atoms with Crippen molar-refractivity contribution >= 4 is 5.82 Å². The highest BCUT2D eigenvalue weighted by Gasteiger charge is 2.36. The molecule has 0 radical (unpaired) electrons. The molecule has 11 heteroatoms. The molecule has 0 bridgehead atoms. The Labute approximate surface area is 101 Å². The monoisotopic (exact) mass is 288 g/mol. The summed E-state index contributed by atoms with van der Waals surface area (Å²) >= 11 is 0. The quantitative estimate of drug-likeness (QED) is 0.522. The smallest absolute Gasteiger partial charge is 0.401 e. The minimum atomic E-state index is -5.21. The van der Waals surface area contributed by atoms with E-state index >= 15 is 0 Å². The number of hydrogen-bond acceptors (Lipinski definition) is 5. The first-order valence-electron chi connectivity index (χ1n) is 4.48. The fraction of sp³-hybridized carbons (Fsp3) is 0.375. The molecule has 0 aliphatic rings. The van der Waals surface area contributed by atoms with Gasteiger partial charge in [0, 0.05) is 6.07 Å². The molecule has 19 heavy (non-hydrogen) atoms. The van der Waals surface area contributed by atoms with E-state index in [1.807, 2.05) is 0 Å². The lowest BCUT2D eigenvalue weighted by atomic mass is 10.2. The van der Waals surface area contributed by atoms with E-state index in [1.165, 1.54) is 0 Å². The van der Waals surface area contributed by atoms with Gasteiger partial charge in [-0.15, -0.1) is 13.2 Å². The van der Waals surface area contributed by atoms with Gasteiger partial charge in [-0.3, -0.25) is 0 Å². The van der Waals surface area contributed by atoms with Crippen LogP contribution < -0.4 is 4.74 Å².